The first kappa shape index (κ1) is 32.2. The van der Waals surface area contributed by atoms with Crippen molar-refractivity contribution < 1.29 is 24.3 Å². The van der Waals surface area contributed by atoms with Gasteiger partial charge in [-0.25, -0.2) is 0 Å². The molecule has 1 saturated heterocycles. The van der Waals surface area contributed by atoms with Crippen molar-refractivity contribution in [1.82, 2.24) is 15.5 Å². The zero-order valence-electron chi connectivity index (χ0n) is 25.6. The second-order valence-electron chi connectivity index (χ2n) is 12.9. The number of nitrogens with zero attached hydrogens (tertiary/aromatic N) is 4. The van der Waals surface area contributed by atoms with Crippen LogP contribution in [0.5, 0.6) is 0 Å². The smallest absolute Gasteiger partial charge is 0.251 e. The summed E-state index contributed by atoms with van der Waals surface area (Å²) >= 11 is 0. The number of aliphatic hydroxyl groups is 1. The van der Waals surface area contributed by atoms with Gasteiger partial charge in [0.1, 0.15) is 12.1 Å². The number of hydrogen-bond donors (Lipinski definition) is 4. The first-order chi connectivity index (χ1) is 21.7. The molecule has 1 heterocycles. The predicted octanol–water partition coefficient (Wildman–Crippen LogP) is 3.85. The fourth-order valence-electron chi connectivity index (χ4n) is 7.46. The number of likely N-dealkylation sites (tertiary alicyclic amines) is 1. The molecule has 4 atom stereocenters. The Bertz CT molecular complexity index is 1460. The summed E-state index contributed by atoms with van der Waals surface area (Å²) in [5, 5.41) is 22.4. The molecule has 240 valence electrons. The van der Waals surface area contributed by atoms with Crippen LogP contribution in [0.1, 0.15) is 87.4 Å². The van der Waals surface area contributed by atoms with E-state index in [0.29, 0.717) is 37.7 Å². The molecule has 3 aliphatic rings. The van der Waals surface area contributed by atoms with Gasteiger partial charge in [-0.05, 0) is 60.0 Å². The van der Waals surface area contributed by atoms with Crippen molar-refractivity contribution in [3.8, 4) is 0 Å². The number of aliphatic hydroxyl groups excluding tert-OH is 1. The van der Waals surface area contributed by atoms with Crippen molar-refractivity contribution in [1.29, 1.82) is 0 Å². The van der Waals surface area contributed by atoms with E-state index in [1.165, 1.54) is 4.90 Å². The van der Waals surface area contributed by atoms with Gasteiger partial charge in [-0.3, -0.25) is 19.2 Å². The van der Waals surface area contributed by atoms with Crippen LogP contribution in [0.3, 0.4) is 0 Å². The average molecular weight is 618 g/mol. The maximum atomic E-state index is 14.4. The molecule has 2 aromatic rings. The number of nitrogens with two attached hydrogens (primary N) is 1. The Morgan fingerprint density at radius 3 is 2.40 bits per heavy atom. The van der Waals surface area contributed by atoms with Gasteiger partial charge in [0.05, 0.1) is 11.6 Å². The van der Waals surface area contributed by atoms with Gasteiger partial charge in [0.15, 0.2) is 6.10 Å². The van der Waals surface area contributed by atoms with Gasteiger partial charge in [-0.15, -0.1) is 0 Å². The van der Waals surface area contributed by atoms with Crippen molar-refractivity contribution in [3.05, 3.63) is 58.5 Å². The Morgan fingerprint density at radius 2 is 1.71 bits per heavy atom. The van der Waals surface area contributed by atoms with E-state index in [1.54, 1.807) is 12.1 Å². The summed E-state index contributed by atoms with van der Waals surface area (Å²) in [5.41, 5.74) is 13.8. The lowest BCUT2D eigenvalue weighted by atomic mass is 9.77. The molecule has 0 aromatic heterocycles. The van der Waals surface area contributed by atoms with E-state index in [-0.39, 0.29) is 24.8 Å². The highest BCUT2D eigenvalue weighted by Crippen LogP contribution is 2.33. The van der Waals surface area contributed by atoms with Gasteiger partial charge in [0.2, 0.25) is 17.7 Å². The molecule has 2 aliphatic carbocycles. The lowest BCUT2D eigenvalue weighted by Crippen LogP contribution is -2.64. The van der Waals surface area contributed by atoms with Gasteiger partial charge < -0.3 is 26.4 Å². The Kier molecular flexibility index (Phi) is 10.2. The summed E-state index contributed by atoms with van der Waals surface area (Å²) in [6.07, 6.45) is 7.12. The van der Waals surface area contributed by atoms with Gasteiger partial charge >= 0.3 is 0 Å². The molecular weight excluding hydrogens is 574 g/mol. The molecule has 12 heteroatoms. The van der Waals surface area contributed by atoms with E-state index in [1.807, 2.05) is 30.3 Å². The quantitative estimate of drug-likeness (QED) is 0.178. The van der Waals surface area contributed by atoms with Crippen LogP contribution in [0.2, 0.25) is 0 Å². The number of fused-ring (bicyclic) bond motifs is 1. The molecule has 3 fully saturated rings. The second kappa shape index (κ2) is 14.3. The molecule has 2 unspecified atom stereocenters. The van der Waals surface area contributed by atoms with E-state index < -0.39 is 47.5 Å². The predicted molar refractivity (Wildman–Crippen MR) is 169 cm³/mol. The topological polar surface area (TPSA) is 191 Å². The highest BCUT2D eigenvalue weighted by Gasteiger charge is 2.48. The minimum atomic E-state index is -1.58. The molecule has 0 radical (unpaired) electrons. The van der Waals surface area contributed by atoms with Crippen molar-refractivity contribution in [2.24, 2.45) is 16.8 Å². The van der Waals surface area contributed by atoms with Crippen LogP contribution in [-0.4, -0.2) is 69.9 Å². The maximum absolute atomic E-state index is 14.4. The normalized spacial score (nSPS) is 23.0. The third-order valence-corrected chi connectivity index (χ3v) is 9.90. The van der Waals surface area contributed by atoms with Crippen molar-refractivity contribution in [3.63, 3.8) is 0 Å². The number of azide groups is 1. The molecule has 1 aliphatic heterocycles. The Morgan fingerprint density at radius 1 is 1.02 bits per heavy atom. The zero-order valence-corrected chi connectivity index (χ0v) is 25.6. The molecule has 5 N–H and O–H groups in total. The number of amides is 4. The van der Waals surface area contributed by atoms with Crippen molar-refractivity contribution >= 4 is 34.4 Å². The molecule has 0 spiro atoms. The maximum Gasteiger partial charge on any atom is 0.251 e. The summed E-state index contributed by atoms with van der Waals surface area (Å²) in [6.45, 7) is 0.0133. The lowest BCUT2D eigenvalue weighted by molar-refractivity contribution is -0.143. The van der Waals surface area contributed by atoms with Gasteiger partial charge in [-0.1, -0.05) is 86.8 Å². The summed E-state index contributed by atoms with van der Waals surface area (Å²) < 4.78 is 0. The number of carbonyl (C=O) groups excluding carboxylic acids is 4. The van der Waals surface area contributed by atoms with Crippen LogP contribution < -0.4 is 16.4 Å². The van der Waals surface area contributed by atoms with Crippen LogP contribution in [0, 0.1) is 5.92 Å². The van der Waals surface area contributed by atoms with Crippen LogP contribution in [0.15, 0.2) is 47.6 Å². The molecule has 2 saturated carbocycles. The highest BCUT2D eigenvalue weighted by molar-refractivity contribution is 6.01. The minimum Gasteiger partial charge on any atom is -0.381 e. The first-order valence-electron chi connectivity index (χ1n) is 16.1. The summed E-state index contributed by atoms with van der Waals surface area (Å²) in [4.78, 5) is 58.2. The number of nitrogens with one attached hydrogen (secondary N) is 2. The Labute approximate surface area is 262 Å². The fourth-order valence-corrected chi connectivity index (χ4v) is 7.46. The third kappa shape index (κ3) is 7.40. The Balaban J connectivity index is 1.41. The molecule has 4 amide bonds. The van der Waals surface area contributed by atoms with Crippen LogP contribution in [-0.2, 0) is 14.4 Å². The molecule has 5 rings (SSSR count). The van der Waals surface area contributed by atoms with Gasteiger partial charge in [-0.2, -0.15) is 0 Å². The number of carbonyl (C=O) groups is 4. The van der Waals surface area contributed by atoms with Crippen molar-refractivity contribution in [2.45, 2.75) is 107 Å². The molecule has 2 aromatic carbocycles. The number of rotatable bonds is 10. The van der Waals surface area contributed by atoms with Gasteiger partial charge in [0.25, 0.3) is 5.91 Å². The number of benzene rings is 2. The van der Waals surface area contributed by atoms with E-state index in [4.69, 9.17) is 5.73 Å². The largest absolute Gasteiger partial charge is 0.381 e. The summed E-state index contributed by atoms with van der Waals surface area (Å²) in [7, 11) is 0. The van der Waals surface area contributed by atoms with Crippen LogP contribution >= 0.6 is 0 Å². The average Bonchev–Trinajstić information content (AvgIpc) is 3.48. The number of primary amides is 1. The highest BCUT2D eigenvalue weighted by atomic mass is 16.3. The summed E-state index contributed by atoms with van der Waals surface area (Å²) in [6, 6.07) is 10.6. The molecular formula is C33H43N7O5. The molecule has 45 heavy (non-hydrogen) atoms. The first-order valence-corrected chi connectivity index (χ1v) is 16.1. The standard InChI is InChI=1S/C33H43N7O5/c34-29(42)28(41)33(15-7-2-8-16-33)37-31(44)27-19-25(38-39-35)20-40(27)32(45)26(17-21-9-3-1-4-10-21)36-30(43)24-14-13-22-11-5-6-12-23(22)18-24/h5-6,11-14,18,21,25-28,41H,1-4,7-10,15-17,19-20H2,(H2,34,42)(H,36,43)(H,37,44)/t25-,26?,27-,28?/m0/s1. The third-order valence-electron chi connectivity index (χ3n) is 9.90. The van der Waals surface area contributed by atoms with Crippen LogP contribution in [0.25, 0.3) is 21.2 Å². The molecule has 12 nitrogen and oxygen atoms in total. The zero-order chi connectivity index (χ0) is 32.0. The SMILES string of the molecule is [N-]=[N+]=N[C@H]1C[C@@H](C(=O)NC2(C(O)C(N)=O)CCCCC2)N(C(=O)C(CC2CCCCC2)NC(=O)c2ccc3ccccc3c2)C1. The second-order valence-corrected chi connectivity index (χ2v) is 12.9. The van der Waals surface area contributed by atoms with E-state index >= 15 is 0 Å². The Hall–Kier alpha value is -4.15. The van der Waals surface area contributed by atoms with E-state index in [9.17, 15) is 29.8 Å². The lowest BCUT2D eigenvalue weighted by Gasteiger charge is -2.41. The van der Waals surface area contributed by atoms with Crippen LogP contribution in [0.4, 0.5) is 0 Å². The van der Waals surface area contributed by atoms with E-state index in [0.717, 1.165) is 49.3 Å². The number of hydrogen-bond acceptors (Lipinski definition) is 6. The van der Waals surface area contributed by atoms with Gasteiger partial charge in [0, 0.05) is 17.0 Å². The molecule has 0 bridgehead atoms. The van der Waals surface area contributed by atoms with E-state index in [2.05, 4.69) is 20.7 Å². The fraction of sp³-hybridized carbons (Fsp3) is 0.576. The summed E-state index contributed by atoms with van der Waals surface area (Å²) in [5.74, 6) is -2.03. The van der Waals surface area contributed by atoms with Crippen molar-refractivity contribution in [2.75, 3.05) is 6.54 Å². The monoisotopic (exact) mass is 617 g/mol. The minimum absolute atomic E-state index is 0.0133.